The first-order valence-corrected chi connectivity index (χ1v) is 10.1. The van der Waals surface area contributed by atoms with Gasteiger partial charge in [0.15, 0.2) is 0 Å². The number of amides is 1. The molecule has 1 amide bonds. The average Bonchev–Trinajstić information content (AvgIpc) is 2.98. The van der Waals surface area contributed by atoms with Crippen molar-refractivity contribution in [3.05, 3.63) is 70.8 Å². The molecule has 1 atom stereocenters. The van der Waals surface area contributed by atoms with Crippen LogP contribution in [0.25, 0.3) is 5.76 Å². The van der Waals surface area contributed by atoms with Gasteiger partial charge in [0, 0.05) is 18.5 Å². The molecule has 2 aromatic rings. The molecule has 6 nitrogen and oxygen atoms in total. The number of likely N-dealkylation sites (tertiary alicyclic amines) is 1. The first-order valence-electron chi connectivity index (χ1n) is 10.1. The van der Waals surface area contributed by atoms with Gasteiger partial charge in [-0.05, 0) is 36.2 Å². The Morgan fingerprint density at radius 2 is 1.83 bits per heavy atom. The average molecular weight is 410 g/mol. The van der Waals surface area contributed by atoms with Crippen molar-refractivity contribution in [3.63, 3.8) is 0 Å². The fourth-order valence-corrected chi connectivity index (χ4v) is 3.88. The Morgan fingerprint density at radius 3 is 2.43 bits per heavy atom. The minimum Gasteiger partial charge on any atom is -0.507 e. The van der Waals surface area contributed by atoms with E-state index in [1.54, 1.807) is 30.2 Å². The van der Waals surface area contributed by atoms with Crippen LogP contribution in [0.2, 0.25) is 0 Å². The van der Waals surface area contributed by atoms with Crippen LogP contribution < -0.4 is 9.64 Å². The molecule has 0 aliphatic carbocycles. The lowest BCUT2D eigenvalue weighted by atomic mass is 9.95. The third-order valence-corrected chi connectivity index (χ3v) is 5.40. The van der Waals surface area contributed by atoms with Gasteiger partial charge < -0.3 is 19.6 Å². The van der Waals surface area contributed by atoms with Crippen molar-refractivity contribution in [2.75, 3.05) is 34.3 Å². The lowest BCUT2D eigenvalue weighted by Gasteiger charge is -2.25. The number of nitrogens with one attached hydrogen (secondary N) is 1. The molecule has 2 N–H and O–H groups in total. The largest absolute Gasteiger partial charge is 0.507 e. The summed E-state index contributed by atoms with van der Waals surface area (Å²) < 4.78 is 5.29. The number of aliphatic hydroxyl groups is 1. The zero-order valence-corrected chi connectivity index (χ0v) is 17.9. The van der Waals surface area contributed by atoms with Crippen LogP contribution in [0, 0.1) is 6.92 Å². The molecule has 158 valence electrons. The number of aliphatic hydroxyl groups excluding tert-OH is 1. The maximum Gasteiger partial charge on any atom is 0.295 e. The molecule has 3 rings (SSSR count). The smallest absolute Gasteiger partial charge is 0.295 e. The normalized spacial score (nSPS) is 18.3. The van der Waals surface area contributed by atoms with Crippen LogP contribution in [0.5, 0.6) is 5.75 Å². The summed E-state index contributed by atoms with van der Waals surface area (Å²) in [5.74, 6) is -0.678. The number of Topliss-reactive ketones (excluding diaryl/α,β-unsaturated/α-hetero) is 1. The molecule has 0 saturated carbocycles. The summed E-state index contributed by atoms with van der Waals surface area (Å²) in [6.07, 6.45) is 0.764. The van der Waals surface area contributed by atoms with Crippen LogP contribution in [0.15, 0.2) is 54.1 Å². The number of methoxy groups -OCH3 is 1. The number of hydrogen-bond donors (Lipinski definition) is 2. The first-order chi connectivity index (χ1) is 14.3. The summed E-state index contributed by atoms with van der Waals surface area (Å²) in [4.78, 5) is 28.7. The maximum absolute atomic E-state index is 13.0. The minimum absolute atomic E-state index is 0.132. The quantitative estimate of drug-likeness (QED) is 0.417. The number of carbonyl (C=O) groups excluding carboxylic acids is 2. The van der Waals surface area contributed by atoms with E-state index in [4.69, 9.17) is 4.74 Å². The molecule has 1 fully saturated rings. The van der Waals surface area contributed by atoms with E-state index in [1.807, 2.05) is 37.3 Å². The van der Waals surface area contributed by atoms with E-state index in [0.29, 0.717) is 17.9 Å². The lowest BCUT2D eigenvalue weighted by Crippen LogP contribution is -3.05. The van der Waals surface area contributed by atoms with Crippen LogP contribution in [0.4, 0.5) is 0 Å². The SMILES string of the molecule is COc1ccc(C(O)=C2C(=O)C(=O)N(CCC[NH+](C)C)[C@H]2c2ccccc2)cc1C. The highest BCUT2D eigenvalue weighted by atomic mass is 16.5. The summed E-state index contributed by atoms with van der Waals surface area (Å²) in [7, 11) is 5.68. The molecule has 1 aliphatic rings. The number of ketones is 1. The molecule has 1 saturated heterocycles. The molecular formula is C24H29N2O4+. The fourth-order valence-electron chi connectivity index (χ4n) is 3.88. The monoisotopic (exact) mass is 409 g/mol. The topological polar surface area (TPSA) is 71.3 Å². The molecule has 0 bridgehead atoms. The van der Waals surface area contributed by atoms with E-state index in [-0.39, 0.29) is 11.3 Å². The second kappa shape index (κ2) is 9.13. The van der Waals surface area contributed by atoms with Crippen molar-refractivity contribution in [2.45, 2.75) is 19.4 Å². The summed E-state index contributed by atoms with van der Waals surface area (Å²) in [6.45, 7) is 3.20. The molecule has 0 aromatic heterocycles. The number of aryl methyl sites for hydroxylation is 1. The zero-order valence-electron chi connectivity index (χ0n) is 17.9. The third-order valence-electron chi connectivity index (χ3n) is 5.40. The molecule has 30 heavy (non-hydrogen) atoms. The van der Waals surface area contributed by atoms with Crippen molar-refractivity contribution in [1.82, 2.24) is 4.90 Å². The van der Waals surface area contributed by atoms with Crippen LogP contribution in [0.1, 0.15) is 29.2 Å². The van der Waals surface area contributed by atoms with Crippen LogP contribution in [-0.4, -0.2) is 56.0 Å². The molecule has 0 spiro atoms. The Morgan fingerprint density at radius 1 is 1.13 bits per heavy atom. The molecule has 1 aliphatic heterocycles. The number of benzene rings is 2. The molecule has 1 heterocycles. The highest BCUT2D eigenvalue weighted by Gasteiger charge is 2.45. The van der Waals surface area contributed by atoms with E-state index in [1.165, 1.54) is 4.90 Å². The Kier molecular flexibility index (Phi) is 6.57. The van der Waals surface area contributed by atoms with Crippen molar-refractivity contribution < 1.29 is 24.3 Å². The highest BCUT2D eigenvalue weighted by molar-refractivity contribution is 6.46. The van der Waals surface area contributed by atoms with E-state index in [2.05, 4.69) is 14.1 Å². The second-order valence-corrected chi connectivity index (χ2v) is 7.90. The standard InChI is InChI=1S/C24H28N2O4/c1-16-15-18(11-12-19(16)30-4)22(27)20-21(17-9-6-5-7-10-17)26(24(29)23(20)28)14-8-13-25(2)3/h5-7,9-12,15,21,27H,8,13-14H2,1-4H3/p+1/t21-/m0/s1. The number of quaternary nitrogens is 1. The summed E-state index contributed by atoms with van der Waals surface area (Å²) in [5.41, 5.74) is 2.26. The molecule has 6 heteroatoms. The van der Waals surface area contributed by atoms with Gasteiger partial charge in [-0.2, -0.15) is 0 Å². The van der Waals surface area contributed by atoms with Crippen molar-refractivity contribution >= 4 is 17.4 Å². The fraction of sp³-hybridized carbons (Fsp3) is 0.333. The number of rotatable bonds is 7. The van der Waals surface area contributed by atoms with Crippen molar-refractivity contribution in [1.29, 1.82) is 0 Å². The predicted octanol–water partition coefficient (Wildman–Crippen LogP) is 1.96. The number of carbonyl (C=O) groups is 2. The number of hydrogen-bond acceptors (Lipinski definition) is 4. The lowest BCUT2D eigenvalue weighted by molar-refractivity contribution is -0.858. The third kappa shape index (κ3) is 4.24. The van der Waals surface area contributed by atoms with Crippen LogP contribution in [0.3, 0.4) is 0 Å². The van der Waals surface area contributed by atoms with E-state index in [0.717, 1.165) is 24.1 Å². The predicted molar refractivity (Wildman–Crippen MR) is 115 cm³/mol. The van der Waals surface area contributed by atoms with Gasteiger partial charge in [0.1, 0.15) is 11.5 Å². The van der Waals surface area contributed by atoms with Gasteiger partial charge in [0.2, 0.25) is 0 Å². The van der Waals surface area contributed by atoms with Crippen LogP contribution in [-0.2, 0) is 9.59 Å². The Labute approximate surface area is 177 Å². The van der Waals surface area contributed by atoms with Gasteiger partial charge in [0.05, 0.1) is 39.4 Å². The van der Waals surface area contributed by atoms with Crippen LogP contribution >= 0.6 is 0 Å². The van der Waals surface area contributed by atoms with Crippen molar-refractivity contribution in [2.24, 2.45) is 0 Å². The molecule has 0 unspecified atom stereocenters. The van der Waals surface area contributed by atoms with E-state index < -0.39 is 17.7 Å². The first kappa shape index (κ1) is 21.6. The molecule has 2 aromatic carbocycles. The second-order valence-electron chi connectivity index (χ2n) is 7.90. The highest BCUT2D eigenvalue weighted by Crippen LogP contribution is 2.39. The van der Waals surface area contributed by atoms with Gasteiger partial charge in [-0.25, -0.2) is 0 Å². The Hall–Kier alpha value is -3.12. The summed E-state index contributed by atoms with van der Waals surface area (Å²) >= 11 is 0. The zero-order chi connectivity index (χ0) is 21.8. The Balaban J connectivity index is 2.08. The summed E-state index contributed by atoms with van der Waals surface area (Å²) in [5, 5.41) is 11.1. The minimum atomic E-state index is -0.646. The van der Waals surface area contributed by atoms with Crippen molar-refractivity contribution in [3.8, 4) is 5.75 Å². The molecular weight excluding hydrogens is 380 g/mol. The van der Waals surface area contributed by atoms with Gasteiger partial charge in [0.25, 0.3) is 11.7 Å². The summed E-state index contributed by atoms with van der Waals surface area (Å²) in [6, 6.07) is 14.0. The van der Waals surface area contributed by atoms with E-state index >= 15 is 0 Å². The Bertz CT molecular complexity index is 966. The van der Waals surface area contributed by atoms with Gasteiger partial charge in [-0.1, -0.05) is 30.3 Å². The number of nitrogens with zero attached hydrogens (tertiary/aromatic N) is 1. The van der Waals surface area contributed by atoms with Gasteiger partial charge in [-0.15, -0.1) is 0 Å². The number of ether oxygens (including phenoxy) is 1. The van der Waals surface area contributed by atoms with Gasteiger partial charge >= 0.3 is 0 Å². The maximum atomic E-state index is 13.0. The molecule has 0 radical (unpaired) electrons. The van der Waals surface area contributed by atoms with E-state index in [9.17, 15) is 14.7 Å². The van der Waals surface area contributed by atoms with Gasteiger partial charge in [-0.3, -0.25) is 9.59 Å².